The lowest BCUT2D eigenvalue weighted by atomic mass is 9.84. The number of carbonyl (C=O) groups is 1. The Morgan fingerprint density at radius 1 is 1.12 bits per heavy atom. The highest BCUT2D eigenvalue weighted by atomic mass is 32.2. The molecule has 4 heterocycles. The van der Waals surface area contributed by atoms with Gasteiger partial charge in [-0.2, -0.15) is 4.99 Å². The summed E-state index contributed by atoms with van der Waals surface area (Å²) in [5.41, 5.74) is 3.64. The van der Waals surface area contributed by atoms with Gasteiger partial charge in [-0.15, -0.1) is 0 Å². The molecule has 33 heavy (non-hydrogen) atoms. The molecule has 1 aromatic carbocycles. The van der Waals surface area contributed by atoms with Gasteiger partial charge in [-0.05, 0) is 81.3 Å². The standard InChI is InChI=1S/C26H35N3O3S/c1-25(2,3)32-18-28-13-6-8-19(10-14-28)22-23(30)27-24(33-22)29-15-11-26(12-16-29)21-9-5-4-7-20(21)17-31-26/h4-5,7,9H,6,8,10-18H2,1-3H3/b22-19-. The van der Waals surface area contributed by atoms with E-state index in [9.17, 15) is 4.79 Å². The van der Waals surface area contributed by atoms with Crippen LogP contribution in [0.3, 0.4) is 0 Å². The lowest BCUT2D eigenvalue weighted by Gasteiger charge is -2.39. The van der Waals surface area contributed by atoms with Crippen LogP contribution in [0.4, 0.5) is 0 Å². The van der Waals surface area contributed by atoms with Crippen LogP contribution in [0.25, 0.3) is 0 Å². The van der Waals surface area contributed by atoms with Gasteiger partial charge in [-0.3, -0.25) is 9.69 Å². The number of thioether (sulfide) groups is 1. The van der Waals surface area contributed by atoms with Crippen molar-refractivity contribution in [3.05, 3.63) is 45.9 Å². The molecule has 0 aromatic heterocycles. The van der Waals surface area contributed by atoms with Crippen LogP contribution in [0.15, 0.2) is 39.7 Å². The number of fused-ring (bicyclic) bond motifs is 2. The Labute approximate surface area is 201 Å². The van der Waals surface area contributed by atoms with Crippen molar-refractivity contribution in [3.8, 4) is 0 Å². The third-order valence-corrected chi connectivity index (χ3v) is 8.32. The number of benzene rings is 1. The number of nitrogens with zero attached hydrogens (tertiary/aromatic N) is 3. The first-order valence-electron chi connectivity index (χ1n) is 12.2. The normalized spacial score (nSPS) is 26.0. The number of carbonyl (C=O) groups excluding carboxylic acids is 1. The van der Waals surface area contributed by atoms with Gasteiger partial charge in [-0.1, -0.05) is 24.3 Å². The van der Waals surface area contributed by atoms with Crippen molar-refractivity contribution in [2.45, 2.75) is 70.7 Å². The number of piperidine rings is 1. The molecule has 1 amide bonds. The molecule has 1 spiro atoms. The first-order chi connectivity index (χ1) is 15.8. The van der Waals surface area contributed by atoms with Crippen LogP contribution < -0.4 is 0 Å². The van der Waals surface area contributed by atoms with Gasteiger partial charge in [-0.25, -0.2) is 0 Å². The summed E-state index contributed by atoms with van der Waals surface area (Å²) in [4.78, 5) is 22.8. The Hall–Kier alpha value is -1.67. The van der Waals surface area contributed by atoms with Crippen LogP contribution in [0.1, 0.15) is 64.0 Å². The third kappa shape index (κ3) is 4.92. The SMILES string of the molecule is CC(C)(C)OCN1CCC/C(=C2/SC(N3CCC4(CC3)OCc3ccccc34)=NC2=O)CC1. The van der Waals surface area contributed by atoms with E-state index in [1.54, 1.807) is 11.8 Å². The zero-order chi connectivity index (χ0) is 23.1. The number of hydrogen-bond donors (Lipinski definition) is 0. The van der Waals surface area contributed by atoms with E-state index in [4.69, 9.17) is 9.47 Å². The molecule has 2 fully saturated rings. The highest BCUT2D eigenvalue weighted by Crippen LogP contribution is 2.45. The molecule has 0 bridgehead atoms. The van der Waals surface area contributed by atoms with Crippen molar-refractivity contribution in [1.82, 2.24) is 9.80 Å². The fraction of sp³-hybridized carbons (Fsp3) is 0.615. The summed E-state index contributed by atoms with van der Waals surface area (Å²) in [5.74, 6) is -0.0489. The van der Waals surface area contributed by atoms with Crippen molar-refractivity contribution in [2.24, 2.45) is 4.99 Å². The lowest BCUT2D eigenvalue weighted by Crippen LogP contribution is -2.44. The van der Waals surface area contributed by atoms with Crippen LogP contribution in [0.2, 0.25) is 0 Å². The van der Waals surface area contributed by atoms with E-state index in [0.717, 1.165) is 68.4 Å². The molecule has 4 aliphatic rings. The molecule has 1 aromatic rings. The van der Waals surface area contributed by atoms with Crippen molar-refractivity contribution < 1.29 is 14.3 Å². The van der Waals surface area contributed by atoms with E-state index in [-0.39, 0.29) is 17.1 Å². The van der Waals surface area contributed by atoms with E-state index in [1.165, 1.54) is 16.7 Å². The Kier molecular flexibility index (Phi) is 6.42. The van der Waals surface area contributed by atoms with Crippen LogP contribution >= 0.6 is 11.8 Å². The summed E-state index contributed by atoms with van der Waals surface area (Å²) < 4.78 is 12.3. The highest BCUT2D eigenvalue weighted by Gasteiger charge is 2.43. The maximum atomic E-state index is 12.8. The number of amides is 1. The predicted molar refractivity (Wildman–Crippen MR) is 132 cm³/mol. The zero-order valence-corrected chi connectivity index (χ0v) is 20.9. The Balaban J connectivity index is 1.20. The topological polar surface area (TPSA) is 54.4 Å². The van der Waals surface area contributed by atoms with Crippen LogP contribution in [-0.2, 0) is 26.5 Å². The van der Waals surface area contributed by atoms with Crippen LogP contribution in [0.5, 0.6) is 0 Å². The van der Waals surface area contributed by atoms with Gasteiger partial charge in [0.05, 0.1) is 29.4 Å². The number of ether oxygens (including phenoxy) is 2. The van der Waals surface area contributed by atoms with E-state index < -0.39 is 0 Å². The predicted octanol–water partition coefficient (Wildman–Crippen LogP) is 4.65. The van der Waals surface area contributed by atoms with E-state index in [1.807, 2.05) is 0 Å². The van der Waals surface area contributed by atoms with Gasteiger partial charge >= 0.3 is 0 Å². The summed E-state index contributed by atoms with van der Waals surface area (Å²) in [5, 5.41) is 0.876. The second-order valence-corrected chi connectivity index (χ2v) is 11.5. The zero-order valence-electron chi connectivity index (χ0n) is 20.1. The summed E-state index contributed by atoms with van der Waals surface area (Å²) in [6.45, 7) is 11.3. The van der Waals surface area contributed by atoms with E-state index >= 15 is 0 Å². The molecule has 0 N–H and O–H groups in total. The van der Waals surface area contributed by atoms with E-state index in [0.29, 0.717) is 13.3 Å². The summed E-state index contributed by atoms with van der Waals surface area (Å²) in [6.07, 6.45) is 4.81. The number of amidine groups is 1. The molecule has 0 atom stereocenters. The van der Waals surface area contributed by atoms with Crippen molar-refractivity contribution in [1.29, 1.82) is 0 Å². The summed E-state index contributed by atoms with van der Waals surface area (Å²) in [7, 11) is 0. The minimum atomic E-state index is -0.165. The molecule has 2 saturated heterocycles. The smallest absolute Gasteiger partial charge is 0.286 e. The molecule has 0 aliphatic carbocycles. The maximum Gasteiger partial charge on any atom is 0.286 e. The van der Waals surface area contributed by atoms with E-state index in [2.05, 4.69) is 59.8 Å². The summed E-state index contributed by atoms with van der Waals surface area (Å²) >= 11 is 1.59. The van der Waals surface area contributed by atoms with Crippen LogP contribution in [0, 0.1) is 0 Å². The second-order valence-electron chi connectivity index (χ2n) is 10.5. The number of aliphatic imine (C=N–C) groups is 1. The van der Waals surface area contributed by atoms with Gasteiger partial charge in [0.25, 0.3) is 5.91 Å². The van der Waals surface area contributed by atoms with Gasteiger partial charge in [0.1, 0.15) is 0 Å². The molecule has 178 valence electrons. The second kappa shape index (κ2) is 9.17. The number of rotatable bonds is 2. The Bertz CT molecular complexity index is 973. The largest absolute Gasteiger partial charge is 0.365 e. The van der Waals surface area contributed by atoms with Gasteiger partial charge < -0.3 is 14.4 Å². The van der Waals surface area contributed by atoms with Crippen LogP contribution in [-0.4, -0.2) is 59.4 Å². The molecule has 7 heteroatoms. The third-order valence-electron chi connectivity index (χ3n) is 7.12. The van der Waals surface area contributed by atoms with Crippen molar-refractivity contribution >= 4 is 22.8 Å². The molecule has 0 saturated carbocycles. The maximum absolute atomic E-state index is 12.8. The molecule has 6 nitrogen and oxygen atoms in total. The Morgan fingerprint density at radius 3 is 2.70 bits per heavy atom. The molecular weight excluding hydrogens is 434 g/mol. The quantitative estimate of drug-likeness (QED) is 0.588. The number of hydrogen-bond acceptors (Lipinski definition) is 6. The average Bonchev–Trinajstić information content (AvgIpc) is 3.25. The number of likely N-dealkylation sites (tertiary alicyclic amines) is 2. The van der Waals surface area contributed by atoms with Gasteiger partial charge in [0, 0.05) is 26.2 Å². The van der Waals surface area contributed by atoms with Gasteiger partial charge in [0.2, 0.25) is 0 Å². The first kappa shape index (κ1) is 23.1. The minimum Gasteiger partial charge on any atom is -0.365 e. The fourth-order valence-electron chi connectivity index (χ4n) is 5.20. The minimum absolute atomic E-state index is 0.0489. The monoisotopic (exact) mass is 469 g/mol. The summed E-state index contributed by atoms with van der Waals surface area (Å²) in [6, 6.07) is 8.59. The molecule has 5 rings (SSSR count). The van der Waals surface area contributed by atoms with Gasteiger partial charge in [0.15, 0.2) is 5.17 Å². The van der Waals surface area contributed by atoms with Crippen molar-refractivity contribution in [2.75, 3.05) is 32.9 Å². The molecule has 4 aliphatic heterocycles. The fourth-order valence-corrected chi connectivity index (χ4v) is 6.30. The molecular formula is C26H35N3O3S. The first-order valence-corrected chi connectivity index (χ1v) is 13.0. The Morgan fingerprint density at radius 2 is 1.91 bits per heavy atom. The van der Waals surface area contributed by atoms with Crippen molar-refractivity contribution in [3.63, 3.8) is 0 Å². The highest BCUT2D eigenvalue weighted by molar-refractivity contribution is 8.18. The molecule has 0 unspecified atom stereocenters. The average molecular weight is 470 g/mol. The molecule has 0 radical (unpaired) electrons. The lowest BCUT2D eigenvalue weighted by molar-refractivity contribution is -0.113.